The van der Waals surface area contributed by atoms with E-state index in [-0.39, 0.29) is 11.6 Å². The number of fused-ring (bicyclic) bond motifs is 1. The van der Waals surface area contributed by atoms with E-state index in [1.807, 2.05) is 23.1 Å². The summed E-state index contributed by atoms with van der Waals surface area (Å²) in [6, 6.07) is 14.6. The Morgan fingerprint density at radius 2 is 1.68 bits per heavy atom. The van der Waals surface area contributed by atoms with Gasteiger partial charge in [-0.25, -0.2) is 0 Å². The molecule has 1 aliphatic carbocycles. The standard InChI is InChI=1S/C22H25N3O3/c26-22(17-10-12-20(13-11-17)25(27)28)24-15-14-23(19-7-2-1-3-8-19)16-18-6-4-5-9-21(18)24/h4-6,9-13,19H,1-3,7-8,14-16H2. The SMILES string of the molecule is O=C(c1ccc([N+](=O)[O-])cc1)N1CCN(C2CCCCC2)Cc2ccccc21. The van der Waals surface area contributed by atoms with Crippen LogP contribution in [0, 0.1) is 10.1 Å². The number of anilines is 1. The number of carbonyl (C=O) groups is 1. The Balaban J connectivity index is 1.60. The lowest BCUT2D eigenvalue weighted by atomic mass is 9.94. The fourth-order valence-electron chi connectivity index (χ4n) is 4.40. The number of hydrogen-bond acceptors (Lipinski definition) is 4. The zero-order valence-corrected chi connectivity index (χ0v) is 15.9. The molecule has 146 valence electrons. The van der Waals surface area contributed by atoms with Gasteiger partial charge in [0.2, 0.25) is 0 Å². The van der Waals surface area contributed by atoms with Gasteiger partial charge in [0.15, 0.2) is 0 Å². The molecule has 2 aromatic carbocycles. The molecular formula is C22H25N3O3. The second-order valence-electron chi connectivity index (χ2n) is 7.65. The molecule has 0 aromatic heterocycles. The Morgan fingerprint density at radius 3 is 2.39 bits per heavy atom. The number of non-ortho nitro benzene ring substituents is 1. The molecule has 0 unspecified atom stereocenters. The van der Waals surface area contributed by atoms with Gasteiger partial charge in [-0.3, -0.25) is 19.8 Å². The van der Waals surface area contributed by atoms with Gasteiger partial charge in [-0.2, -0.15) is 0 Å². The quantitative estimate of drug-likeness (QED) is 0.586. The normalized spacial score (nSPS) is 18.4. The lowest BCUT2D eigenvalue weighted by molar-refractivity contribution is -0.384. The van der Waals surface area contributed by atoms with Gasteiger partial charge in [0, 0.05) is 49.1 Å². The third kappa shape index (κ3) is 3.78. The summed E-state index contributed by atoms with van der Waals surface area (Å²) in [4.78, 5) is 28.0. The van der Waals surface area contributed by atoms with E-state index in [2.05, 4.69) is 11.0 Å². The summed E-state index contributed by atoms with van der Waals surface area (Å²) >= 11 is 0. The molecule has 2 aliphatic rings. The zero-order chi connectivity index (χ0) is 19.5. The molecule has 6 heteroatoms. The molecule has 0 N–H and O–H groups in total. The minimum absolute atomic E-state index is 0.00344. The molecule has 0 radical (unpaired) electrons. The first kappa shape index (κ1) is 18.6. The number of amides is 1. The number of nitrogens with zero attached hydrogens (tertiary/aromatic N) is 3. The molecule has 0 saturated heterocycles. The van der Waals surface area contributed by atoms with E-state index in [0.29, 0.717) is 18.2 Å². The van der Waals surface area contributed by atoms with Crippen LogP contribution in [0.15, 0.2) is 48.5 Å². The third-order valence-electron chi connectivity index (χ3n) is 5.93. The maximum absolute atomic E-state index is 13.2. The van der Waals surface area contributed by atoms with E-state index in [0.717, 1.165) is 18.8 Å². The number of hydrogen-bond donors (Lipinski definition) is 0. The van der Waals surface area contributed by atoms with Crippen LogP contribution in [0.25, 0.3) is 0 Å². The number of nitro groups is 1. The van der Waals surface area contributed by atoms with Gasteiger partial charge >= 0.3 is 0 Å². The first-order valence-electron chi connectivity index (χ1n) is 10.0. The summed E-state index contributed by atoms with van der Waals surface area (Å²) in [5.74, 6) is -0.104. The van der Waals surface area contributed by atoms with E-state index in [9.17, 15) is 14.9 Å². The molecule has 0 bridgehead atoms. The van der Waals surface area contributed by atoms with Crippen LogP contribution in [-0.2, 0) is 6.54 Å². The van der Waals surface area contributed by atoms with Crippen molar-refractivity contribution >= 4 is 17.3 Å². The monoisotopic (exact) mass is 379 g/mol. The smallest absolute Gasteiger partial charge is 0.269 e. The highest BCUT2D eigenvalue weighted by Gasteiger charge is 2.29. The zero-order valence-electron chi connectivity index (χ0n) is 15.9. The molecule has 2 aromatic rings. The maximum atomic E-state index is 13.2. The largest absolute Gasteiger partial charge is 0.307 e. The number of carbonyl (C=O) groups excluding carboxylic acids is 1. The number of para-hydroxylation sites is 1. The Bertz CT molecular complexity index is 860. The predicted molar refractivity (Wildman–Crippen MR) is 108 cm³/mol. The Hall–Kier alpha value is -2.73. The third-order valence-corrected chi connectivity index (χ3v) is 5.93. The highest BCUT2D eigenvalue weighted by Crippen LogP contribution is 2.31. The predicted octanol–water partition coefficient (Wildman–Crippen LogP) is 4.39. The van der Waals surface area contributed by atoms with Gasteiger partial charge in [0.1, 0.15) is 0 Å². The topological polar surface area (TPSA) is 66.7 Å². The first-order valence-corrected chi connectivity index (χ1v) is 10.0. The number of rotatable bonds is 3. The van der Waals surface area contributed by atoms with Crippen molar-refractivity contribution in [1.29, 1.82) is 0 Å². The van der Waals surface area contributed by atoms with E-state index in [4.69, 9.17) is 0 Å². The molecular weight excluding hydrogens is 354 g/mol. The Labute approximate surface area is 164 Å². The van der Waals surface area contributed by atoms with E-state index < -0.39 is 4.92 Å². The van der Waals surface area contributed by atoms with Crippen LogP contribution in [0.2, 0.25) is 0 Å². The van der Waals surface area contributed by atoms with Crippen molar-refractivity contribution in [3.63, 3.8) is 0 Å². The van der Waals surface area contributed by atoms with Crippen molar-refractivity contribution in [1.82, 2.24) is 4.90 Å². The molecule has 0 spiro atoms. The molecule has 1 fully saturated rings. The summed E-state index contributed by atoms with van der Waals surface area (Å²) in [5, 5.41) is 10.9. The fraction of sp³-hybridized carbons (Fsp3) is 0.409. The van der Waals surface area contributed by atoms with Crippen molar-refractivity contribution in [3.8, 4) is 0 Å². The van der Waals surface area contributed by atoms with Crippen molar-refractivity contribution in [2.75, 3.05) is 18.0 Å². The van der Waals surface area contributed by atoms with Crippen LogP contribution in [0.1, 0.15) is 48.0 Å². The van der Waals surface area contributed by atoms with Crippen LogP contribution in [-0.4, -0.2) is 34.9 Å². The molecule has 0 atom stereocenters. The van der Waals surface area contributed by atoms with Gasteiger partial charge in [-0.05, 0) is 36.6 Å². The second-order valence-corrected chi connectivity index (χ2v) is 7.65. The molecule has 4 rings (SSSR count). The second kappa shape index (κ2) is 8.10. The maximum Gasteiger partial charge on any atom is 0.269 e. The molecule has 1 heterocycles. The molecule has 1 amide bonds. The minimum Gasteiger partial charge on any atom is -0.307 e. The van der Waals surface area contributed by atoms with Crippen molar-refractivity contribution in [2.45, 2.75) is 44.7 Å². The van der Waals surface area contributed by atoms with Gasteiger partial charge in [-0.15, -0.1) is 0 Å². The summed E-state index contributed by atoms with van der Waals surface area (Å²) < 4.78 is 0. The molecule has 1 saturated carbocycles. The van der Waals surface area contributed by atoms with Gasteiger partial charge in [0.25, 0.3) is 11.6 Å². The summed E-state index contributed by atoms with van der Waals surface area (Å²) in [7, 11) is 0. The van der Waals surface area contributed by atoms with Crippen LogP contribution >= 0.6 is 0 Å². The van der Waals surface area contributed by atoms with Crippen LogP contribution in [0.4, 0.5) is 11.4 Å². The molecule has 6 nitrogen and oxygen atoms in total. The lowest BCUT2D eigenvalue weighted by Crippen LogP contribution is -2.40. The molecule has 28 heavy (non-hydrogen) atoms. The summed E-state index contributed by atoms with van der Waals surface area (Å²) in [6.07, 6.45) is 6.37. The molecule has 1 aliphatic heterocycles. The highest BCUT2D eigenvalue weighted by atomic mass is 16.6. The summed E-state index contributed by atoms with van der Waals surface area (Å²) in [5.41, 5.74) is 2.59. The Morgan fingerprint density at radius 1 is 0.964 bits per heavy atom. The fourth-order valence-corrected chi connectivity index (χ4v) is 4.40. The van der Waals surface area contributed by atoms with E-state index >= 15 is 0 Å². The van der Waals surface area contributed by atoms with E-state index in [1.165, 1.54) is 49.8 Å². The van der Waals surface area contributed by atoms with Gasteiger partial charge in [-0.1, -0.05) is 37.5 Å². The number of benzene rings is 2. The van der Waals surface area contributed by atoms with Gasteiger partial charge < -0.3 is 4.90 Å². The Kier molecular flexibility index (Phi) is 5.39. The van der Waals surface area contributed by atoms with Crippen LogP contribution in [0.3, 0.4) is 0 Å². The average molecular weight is 379 g/mol. The van der Waals surface area contributed by atoms with Crippen molar-refractivity contribution < 1.29 is 9.72 Å². The number of nitro benzene ring substituents is 1. The highest BCUT2D eigenvalue weighted by molar-refractivity contribution is 6.06. The summed E-state index contributed by atoms with van der Waals surface area (Å²) in [6.45, 7) is 2.34. The van der Waals surface area contributed by atoms with Crippen molar-refractivity contribution in [3.05, 3.63) is 69.8 Å². The van der Waals surface area contributed by atoms with Crippen LogP contribution < -0.4 is 4.90 Å². The van der Waals surface area contributed by atoms with E-state index in [1.54, 1.807) is 12.1 Å². The van der Waals surface area contributed by atoms with Crippen LogP contribution in [0.5, 0.6) is 0 Å². The first-order chi connectivity index (χ1) is 13.6. The van der Waals surface area contributed by atoms with Gasteiger partial charge in [0.05, 0.1) is 4.92 Å². The average Bonchev–Trinajstić information content (AvgIpc) is 2.94. The minimum atomic E-state index is -0.447. The lowest BCUT2D eigenvalue weighted by Gasteiger charge is -2.33. The van der Waals surface area contributed by atoms with Crippen molar-refractivity contribution in [2.24, 2.45) is 0 Å².